The zero-order chi connectivity index (χ0) is 20.8. The lowest BCUT2D eigenvalue weighted by atomic mass is 10.1. The number of benzene rings is 2. The molecule has 2 aliphatic heterocycles. The number of morpholine rings is 1. The molecule has 0 aromatic heterocycles. The van der Waals surface area contributed by atoms with E-state index in [-0.39, 0.29) is 24.7 Å². The molecule has 0 aliphatic carbocycles. The summed E-state index contributed by atoms with van der Waals surface area (Å²) < 4.78 is 11.2. The van der Waals surface area contributed by atoms with Gasteiger partial charge in [0.25, 0.3) is 0 Å². The number of alkyl carbamates (subject to hydrolysis) is 1. The van der Waals surface area contributed by atoms with Crippen LogP contribution in [0, 0.1) is 0 Å². The van der Waals surface area contributed by atoms with Gasteiger partial charge in [0.1, 0.15) is 18.8 Å². The second-order valence-electron chi connectivity index (χ2n) is 7.59. The van der Waals surface area contributed by atoms with Crippen molar-refractivity contribution in [2.45, 2.75) is 31.2 Å². The van der Waals surface area contributed by atoms with Gasteiger partial charge >= 0.3 is 6.09 Å². The van der Waals surface area contributed by atoms with Crippen LogP contribution in [0.3, 0.4) is 0 Å². The summed E-state index contributed by atoms with van der Waals surface area (Å²) in [6, 6.07) is 18.7. The highest BCUT2D eigenvalue weighted by Crippen LogP contribution is 2.23. The van der Waals surface area contributed by atoms with E-state index in [9.17, 15) is 9.59 Å². The predicted molar refractivity (Wildman–Crippen MR) is 112 cm³/mol. The molecule has 0 unspecified atom stereocenters. The van der Waals surface area contributed by atoms with Crippen LogP contribution in [0.15, 0.2) is 60.7 Å². The van der Waals surface area contributed by atoms with Gasteiger partial charge in [0, 0.05) is 6.54 Å². The van der Waals surface area contributed by atoms with E-state index in [1.807, 2.05) is 65.6 Å². The average Bonchev–Trinajstić information content (AvgIpc) is 3.26. The van der Waals surface area contributed by atoms with Gasteiger partial charge in [-0.15, -0.1) is 0 Å². The van der Waals surface area contributed by atoms with E-state index in [2.05, 4.69) is 10.6 Å². The highest BCUT2D eigenvalue weighted by molar-refractivity contribution is 5.84. The highest BCUT2D eigenvalue weighted by Gasteiger charge is 2.38. The Balaban J connectivity index is 1.32. The van der Waals surface area contributed by atoms with Gasteiger partial charge < -0.3 is 25.0 Å². The summed E-state index contributed by atoms with van der Waals surface area (Å²) in [5, 5.41) is 6.09. The van der Waals surface area contributed by atoms with Crippen LogP contribution in [-0.4, -0.2) is 55.2 Å². The van der Waals surface area contributed by atoms with Crippen molar-refractivity contribution in [1.82, 2.24) is 15.5 Å². The van der Waals surface area contributed by atoms with E-state index in [4.69, 9.17) is 9.47 Å². The minimum absolute atomic E-state index is 0.00918. The number of rotatable bonds is 5. The third kappa shape index (κ3) is 4.98. The van der Waals surface area contributed by atoms with Crippen molar-refractivity contribution in [3.8, 4) is 0 Å². The third-order valence-electron chi connectivity index (χ3n) is 5.55. The number of ether oxygens (including phenoxy) is 2. The van der Waals surface area contributed by atoms with E-state index >= 15 is 0 Å². The van der Waals surface area contributed by atoms with Crippen LogP contribution in [0.25, 0.3) is 0 Å². The van der Waals surface area contributed by atoms with Crippen molar-refractivity contribution in [3.63, 3.8) is 0 Å². The molecule has 2 fully saturated rings. The first-order chi connectivity index (χ1) is 14.7. The zero-order valence-corrected chi connectivity index (χ0v) is 16.8. The molecule has 2 aromatic rings. The zero-order valence-electron chi connectivity index (χ0n) is 16.8. The minimum Gasteiger partial charge on any atom is -0.445 e. The van der Waals surface area contributed by atoms with Crippen LogP contribution in [-0.2, 0) is 20.9 Å². The van der Waals surface area contributed by atoms with E-state index in [0.717, 1.165) is 11.1 Å². The normalized spacial score (nSPS) is 23.7. The lowest BCUT2D eigenvalue weighted by Crippen LogP contribution is -2.55. The number of amides is 2. The second kappa shape index (κ2) is 9.73. The van der Waals surface area contributed by atoms with Gasteiger partial charge in [-0.1, -0.05) is 60.7 Å². The van der Waals surface area contributed by atoms with Crippen molar-refractivity contribution in [1.29, 1.82) is 0 Å². The molecule has 4 rings (SSSR count). The molecule has 158 valence electrons. The minimum atomic E-state index is -0.505. The summed E-state index contributed by atoms with van der Waals surface area (Å²) in [6.07, 6.45) is 0.0468. The first-order valence-electron chi connectivity index (χ1n) is 10.4. The summed E-state index contributed by atoms with van der Waals surface area (Å²) in [6.45, 7) is 2.42. The van der Waals surface area contributed by atoms with Crippen molar-refractivity contribution in [2.24, 2.45) is 0 Å². The number of carbonyl (C=O) groups is 2. The molecule has 2 heterocycles. The molecule has 7 nitrogen and oxygen atoms in total. The molecule has 2 amide bonds. The standard InChI is InChI=1S/C23H27N3O4/c27-22(26-13-14-29-20(15-26)18-9-5-2-6-10-18)21-19(11-12-24-21)25-23(28)30-16-17-7-3-1-4-8-17/h1-10,19-21,24H,11-16H2,(H,25,28)/t19-,20+,21+/m1/s1. The predicted octanol–water partition coefficient (Wildman–Crippen LogP) is 2.24. The van der Waals surface area contributed by atoms with Gasteiger partial charge in [-0.3, -0.25) is 4.79 Å². The Labute approximate surface area is 176 Å². The maximum atomic E-state index is 13.2. The van der Waals surface area contributed by atoms with Gasteiger partial charge in [0.2, 0.25) is 5.91 Å². The third-order valence-corrected chi connectivity index (χ3v) is 5.55. The Hall–Kier alpha value is -2.90. The van der Waals surface area contributed by atoms with Crippen LogP contribution in [0.4, 0.5) is 4.79 Å². The van der Waals surface area contributed by atoms with Gasteiger partial charge in [-0.2, -0.15) is 0 Å². The van der Waals surface area contributed by atoms with E-state index in [1.165, 1.54) is 0 Å². The SMILES string of the molecule is O=C(N[C@@H]1CCN[C@@H]1C(=O)N1CCO[C@H](c2ccccc2)C1)OCc1ccccc1. The van der Waals surface area contributed by atoms with Crippen molar-refractivity contribution < 1.29 is 19.1 Å². The molecule has 0 spiro atoms. The highest BCUT2D eigenvalue weighted by atomic mass is 16.5. The number of hydrogen-bond acceptors (Lipinski definition) is 5. The second-order valence-corrected chi connectivity index (χ2v) is 7.59. The smallest absolute Gasteiger partial charge is 0.407 e. The number of carbonyl (C=O) groups excluding carboxylic acids is 2. The molecule has 0 radical (unpaired) electrons. The molecule has 2 aromatic carbocycles. The summed E-state index contributed by atoms with van der Waals surface area (Å²) in [5.74, 6) is -0.00918. The van der Waals surface area contributed by atoms with Crippen molar-refractivity contribution in [3.05, 3.63) is 71.8 Å². The van der Waals surface area contributed by atoms with Crippen LogP contribution in [0.2, 0.25) is 0 Å². The van der Waals surface area contributed by atoms with E-state index < -0.39 is 12.1 Å². The Morgan fingerprint density at radius 2 is 1.83 bits per heavy atom. The first-order valence-corrected chi connectivity index (χ1v) is 10.4. The Morgan fingerprint density at radius 3 is 2.60 bits per heavy atom. The Morgan fingerprint density at radius 1 is 1.10 bits per heavy atom. The molecule has 2 saturated heterocycles. The average molecular weight is 409 g/mol. The lowest BCUT2D eigenvalue weighted by Gasteiger charge is -2.35. The molecule has 30 heavy (non-hydrogen) atoms. The fourth-order valence-corrected chi connectivity index (χ4v) is 3.95. The molecular formula is C23H27N3O4. The quantitative estimate of drug-likeness (QED) is 0.792. The van der Waals surface area contributed by atoms with Gasteiger partial charge in [-0.25, -0.2) is 4.79 Å². The monoisotopic (exact) mass is 409 g/mol. The maximum absolute atomic E-state index is 13.2. The molecular weight excluding hydrogens is 382 g/mol. The van der Waals surface area contributed by atoms with E-state index in [0.29, 0.717) is 32.7 Å². The molecule has 7 heteroatoms. The van der Waals surface area contributed by atoms with Gasteiger partial charge in [-0.05, 0) is 24.1 Å². The van der Waals surface area contributed by atoms with Crippen LogP contribution in [0.5, 0.6) is 0 Å². The molecule has 0 saturated carbocycles. The summed E-state index contributed by atoms with van der Waals surface area (Å²) in [4.78, 5) is 27.2. The molecule has 0 bridgehead atoms. The van der Waals surface area contributed by atoms with E-state index in [1.54, 1.807) is 0 Å². The number of nitrogens with zero attached hydrogens (tertiary/aromatic N) is 1. The van der Waals surface area contributed by atoms with Crippen LogP contribution < -0.4 is 10.6 Å². The topological polar surface area (TPSA) is 79.9 Å². The number of nitrogens with one attached hydrogen (secondary N) is 2. The molecule has 3 atom stereocenters. The fourth-order valence-electron chi connectivity index (χ4n) is 3.95. The fraction of sp³-hybridized carbons (Fsp3) is 0.391. The van der Waals surface area contributed by atoms with Gasteiger partial charge in [0.15, 0.2) is 0 Å². The van der Waals surface area contributed by atoms with Crippen molar-refractivity contribution >= 4 is 12.0 Å². The largest absolute Gasteiger partial charge is 0.445 e. The Kier molecular flexibility index (Phi) is 6.61. The summed E-state index contributed by atoms with van der Waals surface area (Å²) in [7, 11) is 0. The maximum Gasteiger partial charge on any atom is 0.407 e. The summed E-state index contributed by atoms with van der Waals surface area (Å²) in [5.41, 5.74) is 1.98. The van der Waals surface area contributed by atoms with Crippen molar-refractivity contribution in [2.75, 3.05) is 26.2 Å². The van der Waals surface area contributed by atoms with Crippen LogP contribution >= 0.6 is 0 Å². The molecule has 2 aliphatic rings. The number of hydrogen-bond donors (Lipinski definition) is 2. The van der Waals surface area contributed by atoms with Crippen LogP contribution in [0.1, 0.15) is 23.7 Å². The first kappa shape index (κ1) is 20.4. The Bertz CT molecular complexity index is 846. The lowest BCUT2D eigenvalue weighted by molar-refractivity contribution is -0.141. The molecule has 2 N–H and O–H groups in total. The summed E-state index contributed by atoms with van der Waals surface area (Å²) >= 11 is 0. The van der Waals surface area contributed by atoms with Gasteiger partial charge in [0.05, 0.1) is 19.2 Å².